The molecule has 2 saturated carbocycles. The molecule has 1 amide bonds. The average Bonchev–Trinajstić information content (AvgIpc) is 3.24. The molecule has 202 valence electrons. The summed E-state index contributed by atoms with van der Waals surface area (Å²) in [6, 6.07) is 14.7. The molecule has 1 heterocycles. The molecule has 1 saturated heterocycles. The fraction of sp³-hybridized carbons (Fsp3) is 0.484. The monoisotopic (exact) mass is 596 g/mol. The Hall–Kier alpha value is -2.25. The van der Waals surface area contributed by atoms with E-state index in [1.807, 2.05) is 60.4 Å². The van der Waals surface area contributed by atoms with Gasteiger partial charge in [-0.05, 0) is 89.6 Å². The van der Waals surface area contributed by atoms with E-state index < -0.39 is 0 Å². The second kappa shape index (κ2) is 13.2. The van der Waals surface area contributed by atoms with Crippen molar-refractivity contribution < 1.29 is 14.3 Å². The van der Waals surface area contributed by atoms with Crippen molar-refractivity contribution in [3.63, 3.8) is 0 Å². The van der Waals surface area contributed by atoms with Crippen LogP contribution in [0.5, 0.6) is 11.5 Å². The van der Waals surface area contributed by atoms with E-state index in [0.717, 1.165) is 51.4 Å². The lowest BCUT2D eigenvalue weighted by atomic mass is 9.94. The van der Waals surface area contributed by atoms with Gasteiger partial charge in [-0.25, -0.2) is 0 Å². The van der Waals surface area contributed by atoms with E-state index in [9.17, 15) is 4.79 Å². The Morgan fingerprint density at radius 1 is 1.00 bits per heavy atom. The molecular formula is C31H37BrN2O3S. The van der Waals surface area contributed by atoms with Gasteiger partial charge in [0.15, 0.2) is 16.7 Å². The summed E-state index contributed by atoms with van der Waals surface area (Å²) >= 11 is 5.24. The highest BCUT2D eigenvalue weighted by Gasteiger charge is 2.39. The molecule has 5 nitrogen and oxygen atoms in total. The van der Waals surface area contributed by atoms with Crippen molar-refractivity contribution in [2.75, 3.05) is 6.61 Å². The Morgan fingerprint density at radius 2 is 1.71 bits per heavy atom. The molecule has 3 aliphatic rings. The van der Waals surface area contributed by atoms with E-state index in [0.29, 0.717) is 30.8 Å². The molecule has 2 aromatic carbocycles. The van der Waals surface area contributed by atoms with Crippen molar-refractivity contribution in [2.24, 2.45) is 4.99 Å². The normalized spacial score (nSPS) is 21.4. The predicted octanol–water partition coefficient (Wildman–Crippen LogP) is 8.36. The van der Waals surface area contributed by atoms with Gasteiger partial charge in [0.2, 0.25) is 0 Å². The number of hydrogen-bond acceptors (Lipinski definition) is 5. The highest BCUT2D eigenvalue weighted by Crippen LogP contribution is 2.41. The van der Waals surface area contributed by atoms with E-state index >= 15 is 0 Å². The van der Waals surface area contributed by atoms with E-state index in [1.54, 1.807) is 11.8 Å². The fourth-order valence-corrected chi connectivity index (χ4v) is 7.24. The summed E-state index contributed by atoms with van der Waals surface area (Å²) in [5.41, 5.74) is 2.00. The molecule has 0 atom stereocenters. The molecule has 0 spiro atoms. The first kappa shape index (κ1) is 27.3. The first-order chi connectivity index (χ1) is 18.6. The smallest absolute Gasteiger partial charge is 0.266 e. The minimum Gasteiger partial charge on any atom is -0.490 e. The number of carbonyl (C=O) groups excluding carboxylic acids is 1. The van der Waals surface area contributed by atoms with Gasteiger partial charge in [0.1, 0.15) is 6.61 Å². The number of halogens is 1. The fourth-order valence-electron chi connectivity index (χ4n) is 5.56. The van der Waals surface area contributed by atoms with Crippen LogP contribution in [-0.4, -0.2) is 34.7 Å². The average molecular weight is 598 g/mol. The molecule has 0 aromatic heterocycles. The van der Waals surface area contributed by atoms with E-state index in [-0.39, 0.29) is 11.9 Å². The van der Waals surface area contributed by atoms with Crippen LogP contribution in [0.25, 0.3) is 6.08 Å². The van der Waals surface area contributed by atoms with Crippen LogP contribution in [0.3, 0.4) is 0 Å². The summed E-state index contributed by atoms with van der Waals surface area (Å²) in [4.78, 5) is 21.7. The molecule has 1 aliphatic heterocycles. The summed E-state index contributed by atoms with van der Waals surface area (Å²) in [5.74, 6) is 1.43. The molecule has 0 unspecified atom stereocenters. The Balaban J connectivity index is 1.41. The Labute approximate surface area is 239 Å². The second-order valence-corrected chi connectivity index (χ2v) is 12.2. The van der Waals surface area contributed by atoms with Crippen molar-refractivity contribution in [1.29, 1.82) is 0 Å². The molecule has 0 radical (unpaired) electrons. The van der Waals surface area contributed by atoms with Gasteiger partial charge >= 0.3 is 0 Å². The Morgan fingerprint density at radius 3 is 2.42 bits per heavy atom. The quantitative estimate of drug-likeness (QED) is 0.287. The zero-order chi connectivity index (χ0) is 26.3. The molecule has 2 aromatic rings. The van der Waals surface area contributed by atoms with Crippen LogP contribution in [0, 0.1) is 0 Å². The topological polar surface area (TPSA) is 51.1 Å². The summed E-state index contributed by atoms with van der Waals surface area (Å²) in [6.07, 6.45) is 13.8. The Kier molecular flexibility index (Phi) is 9.49. The number of aliphatic imine (C=N–C) groups is 1. The number of ether oxygens (including phenoxy) is 2. The molecule has 7 heteroatoms. The van der Waals surface area contributed by atoms with E-state index in [1.165, 1.54) is 38.5 Å². The lowest BCUT2D eigenvalue weighted by Gasteiger charge is -2.31. The molecule has 0 N–H and O–H groups in total. The maximum atomic E-state index is 13.8. The summed E-state index contributed by atoms with van der Waals surface area (Å²) in [5, 5.41) is 0.909. The van der Waals surface area contributed by atoms with Gasteiger partial charge in [0.25, 0.3) is 5.91 Å². The van der Waals surface area contributed by atoms with Crippen LogP contribution in [0.2, 0.25) is 0 Å². The number of carbonyl (C=O) groups is 1. The number of benzene rings is 2. The molecule has 2 aliphatic carbocycles. The number of nitrogens with zero attached hydrogens (tertiary/aromatic N) is 2. The maximum absolute atomic E-state index is 13.8. The van der Waals surface area contributed by atoms with Gasteiger partial charge < -0.3 is 9.47 Å². The van der Waals surface area contributed by atoms with Crippen LogP contribution in [0.1, 0.15) is 82.3 Å². The van der Waals surface area contributed by atoms with Gasteiger partial charge in [-0.3, -0.25) is 14.7 Å². The van der Waals surface area contributed by atoms with Crippen molar-refractivity contribution in [1.82, 2.24) is 4.90 Å². The lowest BCUT2D eigenvalue weighted by molar-refractivity contribution is -0.124. The van der Waals surface area contributed by atoms with Gasteiger partial charge in [0.05, 0.1) is 22.0 Å². The third kappa shape index (κ3) is 6.66. The number of amides is 1. The largest absolute Gasteiger partial charge is 0.490 e. The van der Waals surface area contributed by atoms with E-state index in [4.69, 9.17) is 14.5 Å². The van der Waals surface area contributed by atoms with Crippen molar-refractivity contribution in [3.05, 3.63) is 63.0 Å². The van der Waals surface area contributed by atoms with E-state index in [2.05, 4.69) is 15.9 Å². The Bertz CT molecular complexity index is 1170. The first-order valence-corrected chi connectivity index (χ1v) is 15.7. The molecular weight excluding hydrogens is 560 g/mol. The van der Waals surface area contributed by atoms with Crippen molar-refractivity contribution >= 4 is 44.8 Å². The highest BCUT2D eigenvalue weighted by molar-refractivity contribution is 9.10. The predicted molar refractivity (Wildman–Crippen MR) is 160 cm³/mol. The number of amidine groups is 1. The molecule has 38 heavy (non-hydrogen) atoms. The van der Waals surface area contributed by atoms with Crippen LogP contribution in [0.4, 0.5) is 0 Å². The van der Waals surface area contributed by atoms with Gasteiger partial charge in [0, 0.05) is 6.04 Å². The number of rotatable bonds is 8. The first-order valence-electron chi connectivity index (χ1n) is 14.1. The minimum atomic E-state index is 0.0925. The third-order valence-corrected chi connectivity index (χ3v) is 9.09. The van der Waals surface area contributed by atoms with Crippen LogP contribution < -0.4 is 9.47 Å². The minimum absolute atomic E-state index is 0.0925. The van der Waals surface area contributed by atoms with Crippen LogP contribution in [0.15, 0.2) is 56.8 Å². The summed E-state index contributed by atoms with van der Waals surface area (Å²) in [7, 11) is 0. The molecule has 3 fully saturated rings. The van der Waals surface area contributed by atoms with Crippen LogP contribution >= 0.6 is 27.7 Å². The molecule has 5 rings (SSSR count). The second-order valence-electron chi connectivity index (χ2n) is 10.3. The van der Waals surface area contributed by atoms with Gasteiger partial charge in [-0.2, -0.15) is 0 Å². The maximum Gasteiger partial charge on any atom is 0.266 e. The van der Waals surface area contributed by atoms with Gasteiger partial charge in [-0.15, -0.1) is 0 Å². The summed E-state index contributed by atoms with van der Waals surface area (Å²) in [6.45, 7) is 2.94. The SMILES string of the molecule is CCOc1cc(C=C2SC(=NC3CCCCC3)N(C3CCCCC3)C2=O)cc(Br)c1OCc1ccccc1. The zero-order valence-corrected chi connectivity index (χ0v) is 24.6. The number of thioether (sulfide) groups is 1. The third-order valence-electron chi connectivity index (χ3n) is 7.50. The highest BCUT2D eigenvalue weighted by atomic mass is 79.9. The van der Waals surface area contributed by atoms with Crippen LogP contribution in [-0.2, 0) is 11.4 Å². The molecule has 0 bridgehead atoms. The standard InChI is InChI=1S/C31H37BrN2O3S/c1-2-36-27-19-23(18-26(32)29(27)37-21-22-12-6-3-7-13-22)20-28-30(35)34(25-16-10-5-11-17-25)31(38-28)33-24-14-8-4-9-15-24/h3,6-7,12-13,18-20,24-25H,2,4-5,8-11,14-17,21H2,1H3. The number of hydrogen-bond donors (Lipinski definition) is 0. The van der Waals surface area contributed by atoms with Gasteiger partial charge in [-0.1, -0.05) is 68.9 Å². The van der Waals surface area contributed by atoms with Crippen molar-refractivity contribution in [2.45, 2.75) is 89.8 Å². The summed E-state index contributed by atoms with van der Waals surface area (Å²) < 4.78 is 12.9. The lowest BCUT2D eigenvalue weighted by Crippen LogP contribution is -2.41. The zero-order valence-electron chi connectivity index (χ0n) is 22.2. The van der Waals surface area contributed by atoms with Crippen molar-refractivity contribution in [3.8, 4) is 11.5 Å².